The summed E-state index contributed by atoms with van der Waals surface area (Å²) in [6.45, 7) is 1.41. The first kappa shape index (κ1) is 18.1. The molecular weight excluding hydrogens is 304 g/mol. The molecule has 0 bridgehead atoms. The first-order chi connectivity index (χ1) is 10.8. The number of aromatic nitrogens is 1. The van der Waals surface area contributed by atoms with Crippen LogP contribution in [0.2, 0.25) is 0 Å². The van der Waals surface area contributed by atoms with Crippen molar-refractivity contribution in [3.05, 3.63) is 30.1 Å². The van der Waals surface area contributed by atoms with E-state index in [4.69, 9.17) is 10.8 Å². The highest BCUT2D eigenvalue weighted by atomic mass is 16.4. The lowest BCUT2D eigenvalue weighted by atomic mass is 10.1. The minimum absolute atomic E-state index is 0.0593. The maximum Gasteiger partial charge on any atom is 0.326 e. The predicted octanol–water partition coefficient (Wildman–Crippen LogP) is -1.43. The van der Waals surface area contributed by atoms with Gasteiger partial charge in [0.1, 0.15) is 12.1 Å². The maximum atomic E-state index is 11.9. The van der Waals surface area contributed by atoms with Crippen molar-refractivity contribution in [1.29, 1.82) is 0 Å². The molecule has 0 radical (unpaired) electrons. The predicted molar refractivity (Wildman–Crippen MR) is 78.9 cm³/mol. The van der Waals surface area contributed by atoms with Gasteiger partial charge in [-0.3, -0.25) is 19.4 Å². The molecule has 0 aromatic carbocycles. The van der Waals surface area contributed by atoms with E-state index in [9.17, 15) is 19.2 Å². The second kappa shape index (κ2) is 8.47. The van der Waals surface area contributed by atoms with E-state index in [1.54, 1.807) is 24.5 Å². The zero-order valence-electron chi connectivity index (χ0n) is 12.5. The van der Waals surface area contributed by atoms with Crippen LogP contribution in [-0.2, 0) is 25.6 Å². The van der Waals surface area contributed by atoms with E-state index in [1.807, 2.05) is 0 Å². The molecule has 0 spiro atoms. The minimum atomic E-state index is -1.43. The summed E-state index contributed by atoms with van der Waals surface area (Å²) in [6, 6.07) is 0.938. The summed E-state index contributed by atoms with van der Waals surface area (Å²) in [5.41, 5.74) is 5.65. The van der Waals surface area contributed by atoms with Gasteiger partial charge in [-0.2, -0.15) is 0 Å². The molecule has 23 heavy (non-hydrogen) atoms. The van der Waals surface area contributed by atoms with Crippen molar-refractivity contribution in [2.75, 3.05) is 0 Å². The van der Waals surface area contributed by atoms with Crippen LogP contribution in [-0.4, -0.2) is 45.9 Å². The van der Waals surface area contributed by atoms with E-state index in [0.717, 1.165) is 5.56 Å². The Balaban J connectivity index is 2.53. The van der Waals surface area contributed by atoms with Gasteiger partial charge in [0, 0.05) is 12.4 Å². The highest BCUT2D eigenvalue weighted by Gasteiger charge is 2.25. The molecule has 1 aromatic rings. The third-order valence-corrected chi connectivity index (χ3v) is 2.90. The molecule has 3 amide bonds. The second-order valence-electron chi connectivity index (χ2n) is 4.89. The number of hydrogen-bond donors (Lipinski definition) is 4. The van der Waals surface area contributed by atoms with Gasteiger partial charge in [0.25, 0.3) is 0 Å². The SMILES string of the molecule is C[C@H](NC(=O)Cc1ccncc1)C(=O)N[C@@H](CC(N)=O)C(=O)O. The maximum absolute atomic E-state index is 11.9. The first-order valence-corrected chi connectivity index (χ1v) is 6.79. The molecule has 9 nitrogen and oxygen atoms in total. The summed E-state index contributed by atoms with van der Waals surface area (Å²) in [5, 5.41) is 13.5. The van der Waals surface area contributed by atoms with Crippen molar-refractivity contribution >= 4 is 23.7 Å². The molecule has 1 rings (SSSR count). The van der Waals surface area contributed by atoms with Gasteiger partial charge in [-0.15, -0.1) is 0 Å². The summed E-state index contributed by atoms with van der Waals surface area (Å²) in [6.07, 6.45) is 2.61. The minimum Gasteiger partial charge on any atom is -0.480 e. The number of hydrogen-bond acceptors (Lipinski definition) is 5. The highest BCUT2D eigenvalue weighted by molar-refractivity contribution is 5.92. The van der Waals surface area contributed by atoms with Crippen molar-refractivity contribution in [2.24, 2.45) is 5.73 Å². The third kappa shape index (κ3) is 6.55. The van der Waals surface area contributed by atoms with E-state index in [-0.39, 0.29) is 6.42 Å². The number of carboxylic acids is 1. The standard InChI is InChI=1S/C14H18N4O5/c1-8(13(21)18-10(14(22)23)7-11(15)19)17-12(20)6-9-2-4-16-5-3-9/h2-5,8,10H,6-7H2,1H3,(H2,15,19)(H,17,20)(H,18,21)(H,22,23)/t8-,10-/m0/s1. The molecule has 1 aromatic heterocycles. The lowest BCUT2D eigenvalue weighted by Crippen LogP contribution is -2.51. The van der Waals surface area contributed by atoms with Gasteiger partial charge < -0.3 is 21.5 Å². The molecule has 5 N–H and O–H groups in total. The molecule has 0 aliphatic heterocycles. The van der Waals surface area contributed by atoms with Crippen LogP contribution >= 0.6 is 0 Å². The number of nitrogens with two attached hydrogens (primary N) is 1. The quantitative estimate of drug-likeness (QED) is 0.461. The fourth-order valence-corrected chi connectivity index (χ4v) is 1.74. The van der Waals surface area contributed by atoms with Crippen LogP contribution < -0.4 is 16.4 Å². The number of pyridine rings is 1. The van der Waals surface area contributed by atoms with E-state index in [1.165, 1.54) is 6.92 Å². The summed E-state index contributed by atoms with van der Waals surface area (Å²) in [5.74, 6) is -3.36. The van der Waals surface area contributed by atoms with E-state index >= 15 is 0 Å². The summed E-state index contributed by atoms with van der Waals surface area (Å²) in [4.78, 5) is 49.2. The number of carbonyl (C=O) groups is 4. The summed E-state index contributed by atoms with van der Waals surface area (Å²) >= 11 is 0. The largest absolute Gasteiger partial charge is 0.480 e. The van der Waals surface area contributed by atoms with Crippen LogP contribution in [0.25, 0.3) is 0 Å². The average Bonchev–Trinajstić information content (AvgIpc) is 2.46. The number of carbonyl (C=O) groups excluding carboxylic acids is 3. The molecule has 0 saturated heterocycles. The Bertz CT molecular complexity index is 590. The molecule has 9 heteroatoms. The van der Waals surface area contributed by atoms with E-state index in [2.05, 4.69) is 15.6 Å². The van der Waals surface area contributed by atoms with Crippen LogP contribution in [0, 0.1) is 0 Å². The number of primary amides is 1. The van der Waals surface area contributed by atoms with Crippen LogP contribution in [0.1, 0.15) is 18.9 Å². The van der Waals surface area contributed by atoms with E-state index in [0.29, 0.717) is 0 Å². The summed E-state index contributed by atoms with van der Waals surface area (Å²) < 4.78 is 0. The number of amides is 3. The molecule has 124 valence electrons. The summed E-state index contributed by atoms with van der Waals surface area (Å²) in [7, 11) is 0. The van der Waals surface area contributed by atoms with Crippen LogP contribution in [0.4, 0.5) is 0 Å². The molecule has 0 aliphatic rings. The fourth-order valence-electron chi connectivity index (χ4n) is 1.74. The monoisotopic (exact) mass is 322 g/mol. The molecule has 0 saturated carbocycles. The Labute approximate surface area is 132 Å². The van der Waals surface area contributed by atoms with Gasteiger partial charge in [-0.25, -0.2) is 4.79 Å². The smallest absolute Gasteiger partial charge is 0.326 e. The Morgan fingerprint density at radius 1 is 1.22 bits per heavy atom. The van der Waals surface area contributed by atoms with Gasteiger partial charge in [-0.1, -0.05) is 0 Å². The lowest BCUT2D eigenvalue weighted by molar-refractivity contribution is -0.143. The van der Waals surface area contributed by atoms with Crippen LogP contribution in [0.15, 0.2) is 24.5 Å². The van der Waals surface area contributed by atoms with Crippen molar-refractivity contribution < 1.29 is 24.3 Å². The number of carboxylic acid groups (broad SMARTS) is 1. The number of aliphatic carboxylic acids is 1. The zero-order valence-corrected chi connectivity index (χ0v) is 12.5. The molecule has 1 heterocycles. The number of rotatable bonds is 8. The topological polar surface area (TPSA) is 151 Å². The highest BCUT2D eigenvalue weighted by Crippen LogP contribution is 1.98. The molecule has 0 aliphatic carbocycles. The molecule has 2 atom stereocenters. The van der Waals surface area contributed by atoms with Gasteiger partial charge in [0.05, 0.1) is 12.8 Å². The lowest BCUT2D eigenvalue weighted by Gasteiger charge is -2.18. The average molecular weight is 322 g/mol. The third-order valence-electron chi connectivity index (χ3n) is 2.90. The fraction of sp³-hybridized carbons (Fsp3) is 0.357. The molecule has 0 unspecified atom stereocenters. The van der Waals surface area contributed by atoms with Crippen molar-refractivity contribution in [3.8, 4) is 0 Å². The number of nitrogens with one attached hydrogen (secondary N) is 2. The van der Waals surface area contributed by atoms with Gasteiger partial charge in [0.2, 0.25) is 17.7 Å². The zero-order chi connectivity index (χ0) is 17.4. The van der Waals surface area contributed by atoms with Gasteiger partial charge >= 0.3 is 5.97 Å². The van der Waals surface area contributed by atoms with Crippen molar-refractivity contribution in [2.45, 2.75) is 31.8 Å². The Morgan fingerprint density at radius 3 is 2.35 bits per heavy atom. The van der Waals surface area contributed by atoms with Gasteiger partial charge in [0.15, 0.2) is 0 Å². The van der Waals surface area contributed by atoms with E-state index < -0.39 is 42.2 Å². The first-order valence-electron chi connectivity index (χ1n) is 6.79. The Kier molecular flexibility index (Phi) is 6.66. The molecular formula is C14H18N4O5. The Hall–Kier alpha value is -2.97. The second-order valence-corrected chi connectivity index (χ2v) is 4.89. The van der Waals surface area contributed by atoms with Gasteiger partial charge in [-0.05, 0) is 24.6 Å². The van der Waals surface area contributed by atoms with Crippen molar-refractivity contribution in [1.82, 2.24) is 15.6 Å². The Morgan fingerprint density at radius 2 is 1.83 bits per heavy atom. The van der Waals surface area contributed by atoms with Crippen molar-refractivity contribution in [3.63, 3.8) is 0 Å². The normalized spacial score (nSPS) is 12.7. The van der Waals surface area contributed by atoms with Crippen LogP contribution in [0.3, 0.4) is 0 Å². The number of nitrogens with zero attached hydrogens (tertiary/aromatic N) is 1. The van der Waals surface area contributed by atoms with Crippen LogP contribution in [0.5, 0.6) is 0 Å². The molecule has 0 fully saturated rings.